The van der Waals surface area contributed by atoms with Gasteiger partial charge >= 0.3 is 0 Å². The largest absolute Gasteiger partial charge is 0.316 e. The molecule has 0 aliphatic carbocycles. The molecular formula is C12H32N4. The Hall–Kier alpha value is -0.160. The highest BCUT2D eigenvalue weighted by Crippen LogP contribution is 1.94. The quantitative estimate of drug-likeness (QED) is 0.677. The van der Waals surface area contributed by atoms with Crippen molar-refractivity contribution in [2.75, 3.05) is 28.2 Å². The lowest BCUT2D eigenvalue weighted by molar-refractivity contribution is 0.284. The molecule has 0 aromatic heterocycles. The van der Waals surface area contributed by atoms with Gasteiger partial charge in [0.1, 0.15) is 0 Å². The molecule has 0 radical (unpaired) electrons. The molecular weight excluding hydrogens is 200 g/mol. The normalized spacial score (nSPS) is 14.6. The van der Waals surface area contributed by atoms with Crippen molar-refractivity contribution in [2.24, 2.45) is 11.5 Å². The maximum atomic E-state index is 5.65. The van der Waals surface area contributed by atoms with Crippen molar-refractivity contribution in [2.45, 2.75) is 51.9 Å². The fraction of sp³-hybridized carbons (Fsp3) is 1.00. The van der Waals surface area contributed by atoms with E-state index in [1.54, 1.807) is 0 Å². The molecule has 0 saturated carbocycles. The first-order valence-corrected chi connectivity index (χ1v) is 6.20. The molecule has 0 aliphatic rings. The van der Waals surface area contributed by atoms with Gasteiger partial charge in [-0.2, -0.15) is 0 Å². The zero-order chi connectivity index (χ0) is 13.1. The summed E-state index contributed by atoms with van der Waals surface area (Å²) in [5.41, 5.74) is 11.3. The third kappa shape index (κ3) is 11.9. The lowest BCUT2D eigenvalue weighted by Gasteiger charge is -2.17. The Kier molecular flexibility index (Phi) is 12.9. The molecule has 0 aliphatic heterocycles. The van der Waals surface area contributed by atoms with Crippen LogP contribution in [0.5, 0.6) is 0 Å². The van der Waals surface area contributed by atoms with E-state index in [4.69, 9.17) is 11.5 Å². The highest BCUT2D eigenvalue weighted by Gasteiger charge is 2.00. The van der Waals surface area contributed by atoms with E-state index in [2.05, 4.69) is 13.8 Å². The van der Waals surface area contributed by atoms with Gasteiger partial charge in [-0.25, -0.2) is 0 Å². The van der Waals surface area contributed by atoms with E-state index in [0.717, 1.165) is 12.8 Å². The Bertz CT molecular complexity index is 121. The molecule has 0 aromatic carbocycles. The van der Waals surface area contributed by atoms with Gasteiger partial charge in [-0.15, -0.1) is 0 Å². The van der Waals surface area contributed by atoms with Gasteiger partial charge in [0.2, 0.25) is 0 Å². The summed E-state index contributed by atoms with van der Waals surface area (Å²) in [4.78, 5) is 4.06. The van der Waals surface area contributed by atoms with Crippen LogP contribution < -0.4 is 11.5 Å². The molecule has 0 spiro atoms. The Balaban J connectivity index is 0. The molecule has 4 nitrogen and oxygen atoms in total. The van der Waals surface area contributed by atoms with Crippen LogP contribution in [0.3, 0.4) is 0 Å². The summed E-state index contributed by atoms with van der Waals surface area (Å²) in [6.45, 7) is 4.28. The van der Waals surface area contributed by atoms with E-state index in [9.17, 15) is 0 Å². The number of nitrogens with zero attached hydrogens (tertiary/aromatic N) is 2. The number of rotatable bonds is 6. The van der Waals surface area contributed by atoms with Crippen LogP contribution in [-0.2, 0) is 0 Å². The van der Waals surface area contributed by atoms with Crippen LogP contribution in [0.15, 0.2) is 0 Å². The molecule has 4 N–H and O–H groups in total. The lowest BCUT2D eigenvalue weighted by Crippen LogP contribution is -2.35. The molecule has 2 unspecified atom stereocenters. The molecule has 4 heteroatoms. The van der Waals surface area contributed by atoms with E-state index in [1.165, 1.54) is 12.8 Å². The zero-order valence-electron chi connectivity index (χ0n) is 12.0. The minimum atomic E-state index is 0.250. The molecule has 100 valence electrons. The first kappa shape index (κ1) is 18.2. The second kappa shape index (κ2) is 11.3. The van der Waals surface area contributed by atoms with E-state index in [0.29, 0.717) is 0 Å². The standard InChI is InChI=1S/2C6H16N2/c2*1-4-5-6(7)8(2)3/h2*6H,4-5,7H2,1-3H3. The van der Waals surface area contributed by atoms with Crippen LogP contribution in [0.1, 0.15) is 39.5 Å². The SMILES string of the molecule is CCCC(N)N(C)C.CCCC(N)N(C)C. The molecule has 0 heterocycles. The molecule has 0 aromatic rings. The number of nitrogens with two attached hydrogens (primary N) is 2. The molecule has 0 saturated heterocycles. The summed E-state index contributed by atoms with van der Waals surface area (Å²) < 4.78 is 0. The van der Waals surface area contributed by atoms with E-state index < -0.39 is 0 Å². The van der Waals surface area contributed by atoms with Gasteiger partial charge in [0.25, 0.3) is 0 Å². The monoisotopic (exact) mass is 232 g/mol. The van der Waals surface area contributed by atoms with Crippen LogP contribution >= 0.6 is 0 Å². The summed E-state index contributed by atoms with van der Waals surface area (Å²) in [7, 11) is 8.00. The third-order valence-corrected chi connectivity index (χ3v) is 2.50. The fourth-order valence-electron chi connectivity index (χ4n) is 1.11. The molecule has 0 rings (SSSR count). The fourth-order valence-corrected chi connectivity index (χ4v) is 1.11. The van der Waals surface area contributed by atoms with Crippen LogP contribution in [0.25, 0.3) is 0 Å². The van der Waals surface area contributed by atoms with Crippen molar-refractivity contribution < 1.29 is 0 Å². The highest BCUT2D eigenvalue weighted by molar-refractivity contribution is 4.54. The van der Waals surface area contributed by atoms with Crippen LogP contribution in [0.4, 0.5) is 0 Å². The predicted octanol–water partition coefficient (Wildman–Crippen LogP) is 1.27. The van der Waals surface area contributed by atoms with Crippen molar-refractivity contribution in [3.8, 4) is 0 Å². The van der Waals surface area contributed by atoms with Crippen molar-refractivity contribution in [3.63, 3.8) is 0 Å². The summed E-state index contributed by atoms with van der Waals surface area (Å²) in [6, 6.07) is 0. The topological polar surface area (TPSA) is 58.5 Å². The van der Waals surface area contributed by atoms with Crippen molar-refractivity contribution >= 4 is 0 Å². The first-order valence-electron chi connectivity index (χ1n) is 6.20. The van der Waals surface area contributed by atoms with Gasteiger partial charge in [-0.1, -0.05) is 26.7 Å². The Morgan fingerprint density at radius 3 is 1.06 bits per heavy atom. The molecule has 0 amide bonds. The van der Waals surface area contributed by atoms with E-state index in [1.807, 2.05) is 38.0 Å². The highest BCUT2D eigenvalue weighted by atomic mass is 15.2. The summed E-state index contributed by atoms with van der Waals surface area (Å²) in [6.07, 6.45) is 5.01. The second-order valence-electron chi connectivity index (χ2n) is 4.64. The van der Waals surface area contributed by atoms with Crippen molar-refractivity contribution in [1.29, 1.82) is 0 Å². The Labute approximate surface area is 102 Å². The van der Waals surface area contributed by atoms with Crippen LogP contribution in [-0.4, -0.2) is 50.3 Å². The Morgan fingerprint density at radius 2 is 1.00 bits per heavy atom. The van der Waals surface area contributed by atoms with Crippen molar-refractivity contribution in [1.82, 2.24) is 9.80 Å². The molecule has 0 fully saturated rings. The molecule has 2 atom stereocenters. The zero-order valence-corrected chi connectivity index (χ0v) is 12.0. The van der Waals surface area contributed by atoms with Crippen LogP contribution in [0.2, 0.25) is 0 Å². The van der Waals surface area contributed by atoms with Gasteiger partial charge in [-0.3, -0.25) is 9.80 Å². The molecule has 16 heavy (non-hydrogen) atoms. The van der Waals surface area contributed by atoms with Crippen LogP contribution in [0, 0.1) is 0 Å². The van der Waals surface area contributed by atoms with Gasteiger partial charge < -0.3 is 11.5 Å². The van der Waals surface area contributed by atoms with Gasteiger partial charge in [0.15, 0.2) is 0 Å². The number of hydrogen-bond acceptors (Lipinski definition) is 4. The van der Waals surface area contributed by atoms with E-state index in [-0.39, 0.29) is 12.3 Å². The average molecular weight is 232 g/mol. The summed E-state index contributed by atoms with van der Waals surface area (Å²) in [5, 5.41) is 0. The minimum absolute atomic E-state index is 0.250. The maximum Gasteiger partial charge on any atom is 0.0566 e. The average Bonchev–Trinajstić information content (AvgIpc) is 2.19. The van der Waals surface area contributed by atoms with Gasteiger partial charge in [0.05, 0.1) is 12.3 Å². The lowest BCUT2D eigenvalue weighted by atomic mass is 10.3. The smallest absolute Gasteiger partial charge is 0.0566 e. The molecule has 0 bridgehead atoms. The van der Waals surface area contributed by atoms with Gasteiger partial charge in [-0.05, 0) is 41.0 Å². The minimum Gasteiger partial charge on any atom is -0.316 e. The second-order valence-corrected chi connectivity index (χ2v) is 4.64. The number of hydrogen-bond donors (Lipinski definition) is 2. The summed E-state index contributed by atoms with van der Waals surface area (Å²) >= 11 is 0. The van der Waals surface area contributed by atoms with Crippen molar-refractivity contribution in [3.05, 3.63) is 0 Å². The summed E-state index contributed by atoms with van der Waals surface area (Å²) in [5.74, 6) is 0. The maximum absolute atomic E-state index is 5.65. The van der Waals surface area contributed by atoms with E-state index >= 15 is 0 Å². The predicted molar refractivity (Wildman–Crippen MR) is 73.1 cm³/mol. The first-order chi connectivity index (χ1) is 7.36. The third-order valence-electron chi connectivity index (χ3n) is 2.50. The Morgan fingerprint density at radius 1 is 0.750 bits per heavy atom. The van der Waals surface area contributed by atoms with Gasteiger partial charge in [0, 0.05) is 0 Å².